The molecule has 0 saturated carbocycles. The van der Waals surface area contributed by atoms with Crippen LogP contribution < -0.4 is 5.32 Å². The monoisotopic (exact) mass is 300 g/mol. The van der Waals surface area contributed by atoms with Crippen molar-refractivity contribution in [3.63, 3.8) is 0 Å². The molecular formula is C15H28N2O2S. The average molecular weight is 300 g/mol. The summed E-state index contributed by atoms with van der Waals surface area (Å²) >= 11 is 1.88. The van der Waals surface area contributed by atoms with E-state index in [1.807, 2.05) is 32.5 Å². The Bertz CT molecular complexity index is 337. The largest absolute Gasteiger partial charge is 0.444 e. The number of nitrogens with one attached hydrogen (secondary N) is 1. The van der Waals surface area contributed by atoms with Crippen molar-refractivity contribution in [1.29, 1.82) is 0 Å². The molecule has 1 amide bonds. The Kier molecular flexibility index (Phi) is 7.45. The van der Waals surface area contributed by atoms with Crippen LogP contribution in [-0.2, 0) is 4.74 Å². The number of amides is 1. The van der Waals surface area contributed by atoms with Gasteiger partial charge < -0.3 is 15.0 Å². The molecule has 1 aliphatic heterocycles. The highest BCUT2D eigenvalue weighted by molar-refractivity contribution is 7.98. The third-order valence-corrected chi connectivity index (χ3v) is 3.71. The van der Waals surface area contributed by atoms with Gasteiger partial charge in [-0.2, -0.15) is 11.8 Å². The minimum absolute atomic E-state index is 0.208. The van der Waals surface area contributed by atoms with Crippen LogP contribution in [0, 0.1) is 0 Å². The number of ether oxygens (including phenoxy) is 1. The molecule has 116 valence electrons. The van der Waals surface area contributed by atoms with E-state index in [1.165, 1.54) is 17.7 Å². The van der Waals surface area contributed by atoms with E-state index in [1.54, 1.807) is 4.90 Å². The molecule has 0 atom stereocenters. The van der Waals surface area contributed by atoms with Gasteiger partial charge in [-0.05, 0) is 52.2 Å². The summed E-state index contributed by atoms with van der Waals surface area (Å²) in [5.41, 5.74) is 0.980. The molecule has 0 fully saturated rings. The maximum absolute atomic E-state index is 11.9. The Morgan fingerprint density at radius 2 is 2.25 bits per heavy atom. The molecule has 1 heterocycles. The van der Waals surface area contributed by atoms with Crippen molar-refractivity contribution in [1.82, 2.24) is 10.2 Å². The van der Waals surface area contributed by atoms with Gasteiger partial charge in [0, 0.05) is 19.6 Å². The summed E-state index contributed by atoms with van der Waals surface area (Å²) in [5, 5.41) is 3.46. The fourth-order valence-corrected chi connectivity index (χ4v) is 2.39. The number of hydrogen-bond acceptors (Lipinski definition) is 4. The van der Waals surface area contributed by atoms with Crippen LogP contribution in [0.3, 0.4) is 0 Å². The Labute approximate surface area is 127 Å². The van der Waals surface area contributed by atoms with E-state index in [9.17, 15) is 4.79 Å². The summed E-state index contributed by atoms with van der Waals surface area (Å²) in [7, 11) is 0. The van der Waals surface area contributed by atoms with Crippen molar-refractivity contribution in [2.45, 2.75) is 39.2 Å². The van der Waals surface area contributed by atoms with Gasteiger partial charge in [-0.25, -0.2) is 4.79 Å². The van der Waals surface area contributed by atoms with Gasteiger partial charge in [0.25, 0.3) is 0 Å². The molecule has 0 unspecified atom stereocenters. The van der Waals surface area contributed by atoms with Gasteiger partial charge in [-0.3, -0.25) is 0 Å². The Balaban J connectivity index is 2.25. The zero-order valence-corrected chi connectivity index (χ0v) is 14.0. The van der Waals surface area contributed by atoms with Crippen LogP contribution in [0.1, 0.15) is 33.6 Å². The highest BCUT2D eigenvalue weighted by Crippen LogP contribution is 2.14. The molecule has 0 aromatic heterocycles. The number of carbonyl (C=O) groups excluding carboxylic acids is 1. The first-order valence-electron chi connectivity index (χ1n) is 7.28. The van der Waals surface area contributed by atoms with E-state index in [-0.39, 0.29) is 6.09 Å². The van der Waals surface area contributed by atoms with Gasteiger partial charge in [-0.1, -0.05) is 11.6 Å². The molecule has 1 aliphatic rings. The van der Waals surface area contributed by atoms with E-state index in [0.717, 1.165) is 26.1 Å². The average Bonchev–Trinajstić information content (AvgIpc) is 2.37. The van der Waals surface area contributed by atoms with Crippen LogP contribution in [0.2, 0.25) is 0 Å². The van der Waals surface area contributed by atoms with Crippen LogP contribution in [0.25, 0.3) is 0 Å². The lowest BCUT2D eigenvalue weighted by Crippen LogP contribution is -2.40. The molecule has 0 radical (unpaired) electrons. The predicted molar refractivity (Wildman–Crippen MR) is 86.4 cm³/mol. The van der Waals surface area contributed by atoms with Crippen LogP contribution in [0.4, 0.5) is 4.79 Å². The molecule has 1 N–H and O–H groups in total. The quantitative estimate of drug-likeness (QED) is 0.605. The van der Waals surface area contributed by atoms with Crippen LogP contribution in [0.15, 0.2) is 11.6 Å². The highest BCUT2D eigenvalue weighted by Gasteiger charge is 2.23. The van der Waals surface area contributed by atoms with Crippen molar-refractivity contribution >= 4 is 17.9 Å². The summed E-state index contributed by atoms with van der Waals surface area (Å²) in [5.74, 6) is 1.21. The molecule has 0 bridgehead atoms. The molecule has 0 aliphatic carbocycles. The summed E-state index contributed by atoms with van der Waals surface area (Å²) in [6, 6.07) is 0. The summed E-state index contributed by atoms with van der Waals surface area (Å²) in [6.45, 7) is 9.12. The smallest absolute Gasteiger partial charge is 0.410 e. The summed E-state index contributed by atoms with van der Waals surface area (Å²) in [4.78, 5) is 13.7. The fourth-order valence-electron chi connectivity index (χ4n) is 1.95. The van der Waals surface area contributed by atoms with Crippen LogP contribution in [-0.4, -0.2) is 54.8 Å². The van der Waals surface area contributed by atoms with Gasteiger partial charge >= 0.3 is 6.09 Å². The first-order valence-corrected chi connectivity index (χ1v) is 8.67. The van der Waals surface area contributed by atoms with E-state index in [2.05, 4.69) is 17.6 Å². The topological polar surface area (TPSA) is 41.6 Å². The Hall–Kier alpha value is -0.680. The van der Waals surface area contributed by atoms with E-state index in [4.69, 9.17) is 4.74 Å². The standard InChI is InChI=1S/C15H28N2O2S/c1-15(2,3)19-14(18)17-9-6-13(7-10-17)12-16-8-5-11-20-4/h6,16H,5,7-12H2,1-4H3. The van der Waals surface area contributed by atoms with Crippen LogP contribution >= 0.6 is 11.8 Å². The maximum Gasteiger partial charge on any atom is 0.410 e. The third-order valence-electron chi connectivity index (χ3n) is 3.01. The lowest BCUT2D eigenvalue weighted by Gasteiger charge is -2.29. The number of thioether (sulfide) groups is 1. The van der Waals surface area contributed by atoms with Crippen LogP contribution in [0.5, 0.6) is 0 Å². The van der Waals surface area contributed by atoms with Crippen molar-refractivity contribution in [3.05, 3.63) is 11.6 Å². The number of carbonyl (C=O) groups is 1. The van der Waals surface area contributed by atoms with E-state index < -0.39 is 5.60 Å². The predicted octanol–water partition coefficient (Wildman–Crippen LogP) is 2.90. The van der Waals surface area contributed by atoms with Gasteiger partial charge in [0.1, 0.15) is 5.60 Å². The highest BCUT2D eigenvalue weighted by atomic mass is 32.2. The minimum atomic E-state index is -0.417. The lowest BCUT2D eigenvalue weighted by molar-refractivity contribution is 0.0265. The number of nitrogens with zero attached hydrogens (tertiary/aromatic N) is 1. The molecular weight excluding hydrogens is 272 g/mol. The van der Waals surface area contributed by atoms with Gasteiger partial charge in [0.15, 0.2) is 0 Å². The fraction of sp³-hybridized carbons (Fsp3) is 0.800. The van der Waals surface area contributed by atoms with E-state index >= 15 is 0 Å². The molecule has 4 nitrogen and oxygen atoms in total. The Morgan fingerprint density at radius 1 is 1.50 bits per heavy atom. The summed E-state index contributed by atoms with van der Waals surface area (Å²) in [6.07, 6.45) is 6.22. The van der Waals surface area contributed by atoms with Crippen molar-refractivity contribution < 1.29 is 9.53 Å². The molecule has 5 heteroatoms. The second-order valence-corrected chi connectivity index (χ2v) is 7.05. The van der Waals surface area contributed by atoms with Crippen molar-refractivity contribution in [3.8, 4) is 0 Å². The normalized spacial score (nSPS) is 16.0. The molecule has 0 spiro atoms. The van der Waals surface area contributed by atoms with Gasteiger partial charge in [-0.15, -0.1) is 0 Å². The van der Waals surface area contributed by atoms with Crippen molar-refractivity contribution in [2.24, 2.45) is 0 Å². The molecule has 0 saturated heterocycles. The zero-order valence-electron chi connectivity index (χ0n) is 13.2. The second-order valence-electron chi connectivity index (χ2n) is 6.06. The molecule has 20 heavy (non-hydrogen) atoms. The lowest BCUT2D eigenvalue weighted by atomic mass is 10.1. The van der Waals surface area contributed by atoms with Crippen molar-refractivity contribution in [2.75, 3.05) is 38.2 Å². The molecule has 0 aromatic rings. The van der Waals surface area contributed by atoms with Gasteiger partial charge in [0.2, 0.25) is 0 Å². The number of hydrogen-bond donors (Lipinski definition) is 1. The molecule has 0 aromatic carbocycles. The second kappa shape index (κ2) is 8.57. The molecule has 1 rings (SSSR count). The number of rotatable bonds is 6. The third kappa shape index (κ3) is 7.20. The van der Waals surface area contributed by atoms with E-state index in [0.29, 0.717) is 6.54 Å². The first-order chi connectivity index (χ1) is 9.42. The Morgan fingerprint density at radius 3 is 2.80 bits per heavy atom. The zero-order chi connectivity index (χ0) is 15.0. The van der Waals surface area contributed by atoms with Gasteiger partial charge in [0.05, 0.1) is 0 Å². The SMILES string of the molecule is CSCCCNCC1=CCN(C(=O)OC(C)(C)C)CC1. The minimum Gasteiger partial charge on any atom is -0.444 e. The maximum atomic E-state index is 11.9. The summed E-state index contributed by atoms with van der Waals surface area (Å²) < 4.78 is 5.38. The first kappa shape index (κ1) is 17.4.